The van der Waals surface area contributed by atoms with Crippen LogP contribution in [0.5, 0.6) is 0 Å². The molecule has 0 bridgehead atoms. The van der Waals surface area contributed by atoms with E-state index in [4.69, 9.17) is 0 Å². The molecule has 0 unspecified atom stereocenters. The van der Waals surface area contributed by atoms with Crippen molar-refractivity contribution >= 4 is 11.8 Å². The highest BCUT2D eigenvalue weighted by Gasteiger charge is 2.18. The topological polar surface area (TPSA) is 20.2 Å². The average Bonchev–Trinajstić information content (AvgIpc) is 2.47. The van der Waals surface area contributed by atoms with Crippen LogP contribution < -0.4 is 0 Å². The van der Waals surface area contributed by atoms with E-state index in [1.807, 2.05) is 18.2 Å². The molecular weight excluding hydrogens is 264 g/mol. The lowest BCUT2D eigenvalue weighted by Crippen LogP contribution is -2.22. The zero-order valence-corrected chi connectivity index (χ0v) is 13.5. The molecule has 0 radical (unpaired) electrons. The quantitative estimate of drug-likeness (QED) is 0.418. The smallest absolute Gasteiger partial charge is 0.0671 e. The van der Waals surface area contributed by atoms with E-state index in [9.17, 15) is 5.11 Å². The summed E-state index contributed by atoms with van der Waals surface area (Å²) in [6.45, 7) is 4.29. The zero-order valence-electron chi connectivity index (χ0n) is 12.6. The number of rotatable bonds is 8. The van der Waals surface area contributed by atoms with Crippen molar-refractivity contribution in [2.45, 2.75) is 68.6 Å². The van der Waals surface area contributed by atoms with Crippen LogP contribution >= 0.6 is 11.8 Å². The molecule has 1 aromatic rings. The SMILES string of the molecule is CCCCC#CC[C@H](Sc1ccccc1)[C@H](O)CCC. The third-order valence-corrected chi connectivity index (χ3v) is 4.46. The first-order valence-electron chi connectivity index (χ1n) is 7.63. The van der Waals surface area contributed by atoms with Crippen LogP contribution in [-0.4, -0.2) is 16.5 Å². The second kappa shape index (κ2) is 10.8. The largest absolute Gasteiger partial charge is 0.392 e. The van der Waals surface area contributed by atoms with Crippen LogP contribution in [0.4, 0.5) is 0 Å². The number of benzene rings is 1. The minimum Gasteiger partial charge on any atom is -0.392 e. The highest BCUT2D eigenvalue weighted by atomic mass is 32.2. The first kappa shape index (κ1) is 17.1. The Hall–Kier alpha value is -0.910. The fraction of sp³-hybridized carbons (Fsp3) is 0.556. The van der Waals surface area contributed by atoms with Crippen LogP contribution in [0.25, 0.3) is 0 Å². The van der Waals surface area contributed by atoms with Crippen LogP contribution in [0.15, 0.2) is 35.2 Å². The summed E-state index contributed by atoms with van der Waals surface area (Å²) in [6.07, 6.45) is 5.69. The lowest BCUT2D eigenvalue weighted by Gasteiger charge is -2.20. The van der Waals surface area contributed by atoms with Gasteiger partial charge in [0.1, 0.15) is 0 Å². The fourth-order valence-electron chi connectivity index (χ4n) is 1.94. The molecule has 20 heavy (non-hydrogen) atoms. The summed E-state index contributed by atoms with van der Waals surface area (Å²) in [7, 11) is 0. The Balaban J connectivity index is 2.57. The molecule has 0 aliphatic carbocycles. The molecular formula is C18H26OS. The Labute approximate surface area is 128 Å². The number of aliphatic hydroxyl groups is 1. The van der Waals surface area contributed by atoms with Gasteiger partial charge in [-0.05, 0) is 25.0 Å². The van der Waals surface area contributed by atoms with Gasteiger partial charge in [-0.25, -0.2) is 0 Å². The fourth-order valence-corrected chi connectivity index (χ4v) is 3.06. The predicted molar refractivity (Wildman–Crippen MR) is 88.9 cm³/mol. The molecule has 0 aliphatic rings. The van der Waals surface area contributed by atoms with Crippen LogP contribution in [-0.2, 0) is 0 Å². The maximum atomic E-state index is 10.3. The van der Waals surface area contributed by atoms with Gasteiger partial charge in [0.2, 0.25) is 0 Å². The maximum absolute atomic E-state index is 10.3. The van der Waals surface area contributed by atoms with Gasteiger partial charge in [-0.2, -0.15) is 0 Å². The van der Waals surface area contributed by atoms with E-state index < -0.39 is 0 Å². The number of aliphatic hydroxyl groups excluding tert-OH is 1. The van der Waals surface area contributed by atoms with Crippen LogP contribution in [0.2, 0.25) is 0 Å². The number of hydrogen-bond donors (Lipinski definition) is 1. The van der Waals surface area contributed by atoms with E-state index in [0.717, 1.165) is 25.7 Å². The van der Waals surface area contributed by atoms with Crippen molar-refractivity contribution in [3.8, 4) is 11.8 Å². The lowest BCUT2D eigenvalue weighted by atomic mass is 10.1. The Morgan fingerprint density at radius 2 is 1.85 bits per heavy atom. The summed E-state index contributed by atoms with van der Waals surface area (Å²) in [5, 5.41) is 10.5. The van der Waals surface area contributed by atoms with Gasteiger partial charge in [-0.1, -0.05) is 44.9 Å². The summed E-state index contributed by atoms with van der Waals surface area (Å²) in [4.78, 5) is 1.21. The van der Waals surface area contributed by atoms with Gasteiger partial charge < -0.3 is 5.11 Å². The molecule has 2 heteroatoms. The zero-order chi connectivity index (χ0) is 14.6. The Morgan fingerprint density at radius 3 is 2.50 bits per heavy atom. The van der Waals surface area contributed by atoms with Crippen molar-refractivity contribution in [3.63, 3.8) is 0 Å². The third-order valence-electron chi connectivity index (χ3n) is 3.13. The minimum absolute atomic E-state index is 0.173. The summed E-state index contributed by atoms with van der Waals surface area (Å²) < 4.78 is 0. The molecule has 0 spiro atoms. The molecule has 0 heterocycles. The van der Waals surface area contributed by atoms with Gasteiger partial charge in [-0.15, -0.1) is 23.6 Å². The van der Waals surface area contributed by atoms with E-state index in [1.54, 1.807) is 11.8 Å². The molecule has 0 aliphatic heterocycles. The molecule has 1 nitrogen and oxygen atoms in total. The van der Waals surface area contributed by atoms with Gasteiger partial charge in [0.15, 0.2) is 0 Å². The number of unbranched alkanes of at least 4 members (excludes halogenated alkanes) is 2. The van der Waals surface area contributed by atoms with E-state index in [2.05, 4.69) is 37.8 Å². The number of thioether (sulfide) groups is 1. The van der Waals surface area contributed by atoms with E-state index in [1.165, 1.54) is 17.7 Å². The van der Waals surface area contributed by atoms with Gasteiger partial charge in [0, 0.05) is 23.0 Å². The third kappa shape index (κ3) is 7.03. The molecule has 1 rings (SSSR count). The summed E-state index contributed by atoms with van der Waals surface area (Å²) in [5.41, 5.74) is 0. The van der Waals surface area contributed by atoms with Gasteiger partial charge >= 0.3 is 0 Å². The van der Waals surface area contributed by atoms with Crippen molar-refractivity contribution in [1.29, 1.82) is 0 Å². The summed E-state index contributed by atoms with van der Waals surface area (Å²) >= 11 is 1.75. The van der Waals surface area contributed by atoms with Gasteiger partial charge in [0.25, 0.3) is 0 Å². The standard InChI is InChI=1S/C18H26OS/c1-3-5-6-7-11-15-18(17(19)12-4-2)20-16-13-9-8-10-14-16/h8-10,13-14,17-19H,3-6,12,15H2,1-2H3/t17-,18+/m1/s1. The van der Waals surface area contributed by atoms with E-state index in [0.29, 0.717) is 0 Å². The Morgan fingerprint density at radius 1 is 1.10 bits per heavy atom. The second-order valence-electron chi connectivity index (χ2n) is 4.99. The molecule has 1 aromatic carbocycles. The molecule has 0 saturated carbocycles. The molecule has 0 saturated heterocycles. The molecule has 1 N–H and O–H groups in total. The first-order chi connectivity index (χ1) is 9.77. The molecule has 110 valence electrons. The van der Waals surface area contributed by atoms with Crippen molar-refractivity contribution in [3.05, 3.63) is 30.3 Å². The van der Waals surface area contributed by atoms with Gasteiger partial charge in [-0.3, -0.25) is 0 Å². The average molecular weight is 290 g/mol. The monoisotopic (exact) mass is 290 g/mol. The highest BCUT2D eigenvalue weighted by molar-refractivity contribution is 8.00. The van der Waals surface area contributed by atoms with Crippen molar-refractivity contribution in [1.82, 2.24) is 0 Å². The summed E-state index contributed by atoms with van der Waals surface area (Å²) in [5.74, 6) is 6.47. The lowest BCUT2D eigenvalue weighted by molar-refractivity contribution is 0.161. The van der Waals surface area contributed by atoms with E-state index >= 15 is 0 Å². The van der Waals surface area contributed by atoms with Crippen molar-refractivity contribution in [2.24, 2.45) is 0 Å². The maximum Gasteiger partial charge on any atom is 0.0671 e. The van der Waals surface area contributed by atoms with Crippen LogP contribution in [0.3, 0.4) is 0 Å². The van der Waals surface area contributed by atoms with Crippen molar-refractivity contribution < 1.29 is 5.11 Å². The predicted octanol–water partition coefficient (Wildman–Crippen LogP) is 4.89. The Kier molecular flexibility index (Phi) is 9.28. The highest BCUT2D eigenvalue weighted by Crippen LogP contribution is 2.28. The van der Waals surface area contributed by atoms with Crippen LogP contribution in [0.1, 0.15) is 52.4 Å². The molecule has 2 atom stereocenters. The van der Waals surface area contributed by atoms with E-state index in [-0.39, 0.29) is 11.4 Å². The van der Waals surface area contributed by atoms with Crippen LogP contribution in [0, 0.1) is 11.8 Å². The molecule has 0 aromatic heterocycles. The van der Waals surface area contributed by atoms with Gasteiger partial charge in [0.05, 0.1) is 6.10 Å². The molecule has 0 amide bonds. The molecule has 0 fully saturated rings. The first-order valence-corrected chi connectivity index (χ1v) is 8.51. The number of hydrogen-bond acceptors (Lipinski definition) is 2. The second-order valence-corrected chi connectivity index (χ2v) is 6.30. The normalized spacial score (nSPS) is 13.3. The van der Waals surface area contributed by atoms with Crippen molar-refractivity contribution in [2.75, 3.05) is 0 Å². The summed E-state index contributed by atoms with van der Waals surface area (Å²) in [6, 6.07) is 10.3. The minimum atomic E-state index is -0.273. The Bertz CT molecular complexity index is 404.